The quantitative estimate of drug-likeness (QED) is 0.776. The molecule has 0 amide bonds. The second-order valence-electron chi connectivity index (χ2n) is 2.10. The number of halogens is 2. The van der Waals surface area contributed by atoms with Gasteiger partial charge in [-0.3, -0.25) is 0 Å². The molecule has 0 aliphatic rings. The van der Waals surface area contributed by atoms with Crippen molar-refractivity contribution in [2.75, 3.05) is 14.2 Å². The zero-order valence-electron chi connectivity index (χ0n) is 6.73. The Bertz CT molecular complexity index is 289. The van der Waals surface area contributed by atoms with Crippen LogP contribution in [-0.2, 0) is 0 Å². The Labute approximate surface area is 83.8 Å². The third-order valence-corrected chi connectivity index (χ3v) is 2.46. The molecule has 0 aliphatic heterocycles. The normalized spacial score (nSPS) is 9.67. The number of hydrogen-bond donors (Lipinski definition) is 0. The molecule has 0 bridgehead atoms. The molecule has 0 heterocycles. The van der Waals surface area contributed by atoms with E-state index in [0.29, 0.717) is 9.32 Å². The monoisotopic (exact) mass is 282 g/mol. The topological polar surface area (TPSA) is 18.5 Å². The summed E-state index contributed by atoms with van der Waals surface area (Å²) in [5.41, 5.74) is 0. The van der Waals surface area contributed by atoms with Crippen molar-refractivity contribution in [2.45, 2.75) is 0 Å². The lowest BCUT2D eigenvalue weighted by molar-refractivity contribution is 0.368. The number of methoxy groups -OCH3 is 2. The Morgan fingerprint density at radius 1 is 1.25 bits per heavy atom. The van der Waals surface area contributed by atoms with Crippen LogP contribution in [0.2, 0.25) is 0 Å². The van der Waals surface area contributed by atoms with E-state index in [0.717, 1.165) is 0 Å². The van der Waals surface area contributed by atoms with Gasteiger partial charge < -0.3 is 9.47 Å². The van der Waals surface area contributed by atoms with Gasteiger partial charge in [-0.15, -0.1) is 0 Å². The lowest BCUT2D eigenvalue weighted by Crippen LogP contribution is -1.94. The van der Waals surface area contributed by atoms with Crippen LogP contribution in [-0.4, -0.2) is 14.2 Å². The summed E-state index contributed by atoms with van der Waals surface area (Å²) in [5, 5.41) is 0. The van der Waals surface area contributed by atoms with Gasteiger partial charge in [0, 0.05) is 0 Å². The molecule has 0 aromatic heterocycles. The van der Waals surface area contributed by atoms with Gasteiger partial charge in [-0.05, 0) is 34.7 Å². The van der Waals surface area contributed by atoms with Gasteiger partial charge in [0.05, 0.1) is 14.2 Å². The smallest absolute Gasteiger partial charge is 0.171 e. The van der Waals surface area contributed by atoms with E-state index in [4.69, 9.17) is 9.47 Å². The lowest BCUT2D eigenvalue weighted by Gasteiger charge is -2.08. The Hall–Kier alpha value is -0.520. The first kappa shape index (κ1) is 9.57. The third-order valence-electron chi connectivity index (χ3n) is 1.44. The molecule has 0 saturated carbocycles. The molecule has 1 rings (SSSR count). The van der Waals surface area contributed by atoms with E-state index in [1.54, 1.807) is 6.07 Å². The highest BCUT2D eigenvalue weighted by atomic mass is 127. The van der Waals surface area contributed by atoms with Crippen molar-refractivity contribution in [1.82, 2.24) is 0 Å². The van der Waals surface area contributed by atoms with Crippen LogP contribution in [0.15, 0.2) is 12.1 Å². The lowest BCUT2D eigenvalue weighted by atomic mass is 10.3. The molecule has 66 valence electrons. The Kier molecular flexibility index (Phi) is 3.13. The summed E-state index contributed by atoms with van der Waals surface area (Å²) in [7, 11) is 2.97. The maximum absolute atomic E-state index is 13.0. The number of benzene rings is 1. The maximum Gasteiger partial charge on any atom is 0.171 e. The average molecular weight is 282 g/mol. The van der Waals surface area contributed by atoms with Gasteiger partial charge in [-0.1, -0.05) is 0 Å². The third kappa shape index (κ3) is 1.63. The number of hydrogen-bond acceptors (Lipinski definition) is 2. The van der Waals surface area contributed by atoms with Crippen LogP contribution in [0.4, 0.5) is 4.39 Å². The van der Waals surface area contributed by atoms with E-state index in [1.807, 2.05) is 22.6 Å². The summed E-state index contributed by atoms with van der Waals surface area (Å²) in [5.74, 6) is 0.478. The van der Waals surface area contributed by atoms with Gasteiger partial charge in [0.15, 0.2) is 11.6 Å². The first-order chi connectivity index (χ1) is 5.70. The molecule has 4 heteroatoms. The van der Waals surface area contributed by atoms with E-state index in [2.05, 4.69) is 0 Å². The van der Waals surface area contributed by atoms with Crippen molar-refractivity contribution in [1.29, 1.82) is 0 Å². The molecule has 0 spiro atoms. The van der Waals surface area contributed by atoms with Crippen molar-refractivity contribution in [3.05, 3.63) is 21.5 Å². The second-order valence-corrected chi connectivity index (χ2v) is 3.18. The van der Waals surface area contributed by atoms with Gasteiger partial charge >= 0.3 is 0 Å². The average Bonchev–Trinajstić information content (AvgIpc) is 2.06. The van der Waals surface area contributed by atoms with Crippen LogP contribution in [0.5, 0.6) is 11.5 Å². The van der Waals surface area contributed by atoms with Crippen molar-refractivity contribution in [3.8, 4) is 11.5 Å². The zero-order chi connectivity index (χ0) is 9.14. The van der Waals surface area contributed by atoms with Crippen molar-refractivity contribution in [2.24, 2.45) is 0 Å². The van der Waals surface area contributed by atoms with E-state index in [9.17, 15) is 4.39 Å². The molecule has 0 aliphatic carbocycles. The summed E-state index contributed by atoms with van der Waals surface area (Å²) in [6.45, 7) is 0. The Morgan fingerprint density at radius 3 is 2.42 bits per heavy atom. The van der Waals surface area contributed by atoms with Crippen LogP contribution in [0, 0.1) is 9.39 Å². The Morgan fingerprint density at radius 2 is 1.92 bits per heavy atom. The van der Waals surface area contributed by atoms with Crippen LogP contribution in [0.3, 0.4) is 0 Å². The molecule has 0 atom stereocenters. The fourth-order valence-corrected chi connectivity index (χ4v) is 1.74. The molecule has 1 aromatic carbocycles. The largest absolute Gasteiger partial charge is 0.496 e. The highest BCUT2D eigenvalue weighted by Crippen LogP contribution is 2.31. The number of rotatable bonds is 2. The molecule has 0 unspecified atom stereocenters. The van der Waals surface area contributed by atoms with Gasteiger partial charge in [0.1, 0.15) is 9.32 Å². The fraction of sp³-hybridized carbons (Fsp3) is 0.250. The minimum Gasteiger partial charge on any atom is -0.496 e. The summed E-state index contributed by atoms with van der Waals surface area (Å²) in [6.07, 6.45) is 0. The molecular formula is C8H8FIO2. The van der Waals surface area contributed by atoms with Gasteiger partial charge in [0.2, 0.25) is 0 Å². The highest BCUT2D eigenvalue weighted by Gasteiger charge is 2.11. The highest BCUT2D eigenvalue weighted by molar-refractivity contribution is 14.1. The molecule has 0 N–H and O–H groups in total. The molecule has 12 heavy (non-hydrogen) atoms. The summed E-state index contributed by atoms with van der Waals surface area (Å²) >= 11 is 1.98. The van der Waals surface area contributed by atoms with Crippen LogP contribution in [0.1, 0.15) is 0 Å². The summed E-state index contributed by atoms with van der Waals surface area (Å²) in [4.78, 5) is 0. The van der Waals surface area contributed by atoms with Crippen molar-refractivity contribution in [3.63, 3.8) is 0 Å². The Balaban J connectivity index is 3.24. The molecule has 2 nitrogen and oxygen atoms in total. The molecule has 0 fully saturated rings. The zero-order valence-corrected chi connectivity index (χ0v) is 8.88. The van der Waals surface area contributed by atoms with Crippen LogP contribution in [0.25, 0.3) is 0 Å². The molecule has 0 saturated heterocycles. The van der Waals surface area contributed by atoms with E-state index in [1.165, 1.54) is 20.3 Å². The summed E-state index contributed by atoms with van der Waals surface area (Å²) < 4.78 is 23.5. The minimum absolute atomic E-state index is 0.231. The van der Waals surface area contributed by atoms with Gasteiger partial charge in [-0.2, -0.15) is 0 Å². The van der Waals surface area contributed by atoms with Crippen molar-refractivity contribution < 1.29 is 13.9 Å². The first-order valence-electron chi connectivity index (χ1n) is 3.26. The maximum atomic E-state index is 13.0. The van der Waals surface area contributed by atoms with E-state index >= 15 is 0 Å². The first-order valence-corrected chi connectivity index (χ1v) is 4.34. The predicted molar refractivity (Wildman–Crippen MR) is 52.2 cm³/mol. The van der Waals surface area contributed by atoms with E-state index in [-0.39, 0.29) is 11.6 Å². The molecular weight excluding hydrogens is 274 g/mol. The predicted octanol–water partition coefficient (Wildman–Crippen LogP) is 2.45. The number of ether oxygens (including phenoxy) is 2. The molecule has 0 radical (unpaired) electrons. The SMILES string of the molecule is COc1ccc(F)c(OC)c1I. The minimum atomic E-state index is -0.372. The fourth-order valence-electron chi connectivity index (χ4n) is 0.859. The van der Waals surface area contributed by atoms with Crippen LogP contribution >= 0.6 is 22.6 Å². The van der Waals surface area contributed by atoms with E-state index < -0.39 is 0 Å². The van der Waals surface area contributed by atoms with Gasteiger partial charge in [0.25, 0.3) is 0 Å². The van der Waals surface area contributed by atoms with Crippen LogP contribution < -0.4 is 9.47 Å². The standard InChI is InChI=1S/C8H8FIO2/c1-11-6-4-3-5(9)8(12-2)7(6)10/h3-4H,1-2H3. The molecule has 1 aromatic rings. The van der Waals surface area contributed by atoms with Crippen molar-refractivity contribution >= 4 is 22.6 Å². The summed E-state index contributed by atoms with van der Waals surface area (Å²) in [6, 6.07) is 2.89. The van der Waals surface area contributed by atoms with Gasteiger partial charge in [-0.25, -0.2) is 4.39 Å². The second kappa shape index (κ2) is 3.93.